The third-order valence-electron chi connectivity index (χ3n) is 2.82. The van der Waals surface area contributed by atoms with Crippen molar-refractivity contribution < 1.29 is 22.0 Å². The Bertz CT molecular complexity index is 382. The molecule has 0 aliphatic heterocycles. The van der Waals surface area contributed by atoms with Gasteiger partial charge in [-0.3, -0.25) is 0 Å². The summed E-state index contributed by atoms with van der Waals surface area (Å²) in [5, 5.41) is 0. The Kier molecular flexibility index (Phi) is 3.18. The van der Waals surface area contributed by atoms with Crippen molar-refractivity contribution in [3.63, 3.8) is 0 Å². The van der Waals surface area contributed by atoms with Gasteiger partial charge in [0.1, 0.15) is 0 Å². The molecule has 0 bridgehead atoms. The van der Waals surface area contributed by atoms with Gasteiger partial charge in [-0.2, -0.15) is 0 Å². The van der Waals surface area contributed by atoms with Crippen LogP contribution in [0.3, 0.4) is 0 Å². The first-order valence-corrected chi connectivity index (χ1v) is 7.16. The molecule has 0 aromatic heterocycles. The van der Waals surface area contributed by atoms with Crippen molar-refractivity contribution in [1.29, 1.82) is 0 Å². The van der Waals surface area contributed by atoms with Gasteiger partial charge < -0.3 is 2.85 Å². The van der Waals surface area contributed by atoms with E-state index in [1.54, 1.807) is 13.3 Å². The van der Waals surface area contributed by atoms with Crippen LogP contribution in [0.15, 0.2) is 43.7 Å². The molecule has 0 nitrogen and oxygen atoms in total. The smallest absolute Gasteiger partial charge is 1.00 e. The summed E-state index contributed by atoms with van der Waals surface area (Å²) >= 11 is -0.0153. The molecule has 2 aliphatic carbocycles. The average molecular weight is 236 g/mol. The Balaban J connectivity index is 0.00000128. The van der Waals surface area contributed by atoms with Gasteiger partial charge in [0.05, 0.1) is 0 Å². The summed E-state index contributed by atoms with van der Waals surface area (Å²) in [7, 11) is 0. The Labute approximate surface area is 105 Å². The molecule has 1 heteroatoms. The van der Waals surface area contributed by atoms with E-state index in [0.29, 0.717) is 5.41 Å². The van der Waals surface area contributed by atoms with Gasteiger partial charge in [-0.05, 0) is 0 Å². The summed E-state index contributed by atoms with van der Waals surface area (Å²) in [5.74, 6) is 0. The molecule has 2 rings (SSSR count). The van der Waals surface area contributed by atoms with Gasteiger partial charge in [0, 0.05) is 0 Å². The van der Waals surface area contributed by atoms with Crippen molar-refractivity contribution in [3.8, 4) is 0 Å². The second-order valence-corrected chi connectivity index (χ2v) is 7.53. The van der Waals surface area contributed by atoms with E-state index in [1.807, 2.05) is 0 Å². The van der Waals surface area contributed by atoms with Gasteiger partial charge in [0.15, 0.2) is 0 Å². The Morgan fingerprint density at radius 1 is 1.20 bits per heavy atom. The van der Waals surface area contributed by atoms with Crippen LogP contribution >= 0.6 is 0 Å². The number of hydrogen-bond donors (Lipinski definition) is 0. The zero-order valence-corrected chi connectivity index (χ0v) is 11.4. The summed E-state index contributed by atoms with van der Waals surface area (Å²) in [5.41, 5.74) is 1.94. The minimum absolute atomic E-state index is 0. The maximum absolute atomic E-state index is 2.35. The first-order valence-electron chi connectivity index (χ1n) is 5.60. The maximum atomic E-state index is 2.35. The van der Waals surface area contributed by atoms with Crippen molar-refractivity contribution >= 4 is 0 Å². The first kappa shape index (κ1) is 11.2. The molecular weight excluding hydrogens is 216 g/mol. The first-order chi connectivity index (χ1) is 7.07. The molecule has 0 aromatic rings. The van der Waals surface area contributed by atoms with Crippen LogP contribution in [0.1, 0.15) is 36.5 Å². The molecule has 0 spiro atoms. The number of rotatable bonds is 2. The molecule has 0 saturated carbocycles. The second kappa shape index (κ2) is 4.27. The van der Waals surface area contributed by atoms with Gasteiger partial charge in [0.25, 0.3) is 0 Å². The predicted molar refractivity (Wildman–Crippen MR) is 64.3 cm³/mol. The van der Waals surface area contributed by atoms with E-state index < -0.39 is 0 Å². The molecule has 15 heavy (non-hydrogen) atoms. The second-order valence-electron chi connectivity index (χ2n) is 5.20. The van der Waals surface area contributed by atoms with Crippen LogP contribution in [0.25, 0.3) is 0 Å². The molecule has 2 aliphatic rings. The summed E-state index contributed by atoms with van der Waals surface area (Å²) in [6, 6.07) is 0. The zero-order chi connectivity index (χ0) is 10.9. The van der Waals surface area contributed by atoms with Gasteiger partial charge >= 0.3 is 102 Å². The number of hydrogen-bond acceptors (Lipinski definition) is 0. The molecule has 0 fully saturated rings. The maximum Gasteiger partial charge on any atom is -1.00 e. The van der Waals surface area contributed by atoms with Crippen LogP contribution in [0.5, 0.6) is 0 Å². The van der Waals surface area contributed by atoms with Crippen LogP contribution in [0.4, 0.5) is 0 Å². The predicted octanol–water partition coefficient (Wildman–Crippen LogP) is 4.40. The summed E-state index contributed by atoms with van der Waals surface area (Å²) in [6.07, 6.45) is 13.9. The van der Waals surface area contributed by atoms with E-state index in [4.69, 9.17) is 0 Å². The molecule has 0 aromatic carbocycles. The van der Waals surface area contributed by atoms with E-state index in [9.17, 15) is 0 Å². The minimum Gasteiger partial charge on any atom is -1.00 e. The molecule has 0 saturated heterocycles. The van der Waals surface area contributed by atoms with Gasteiger partial charge in [-0.1, -0.05) is 0 Å². The van der Waals surface area contributed by atoms with Crippen molar-refractivity contribution in [2.45, 2.75) is 33.6 Å². The van der Waals surface area contributed by atoms with E-state index in [2.05, 4.69) is 51.2 Å². The fraction of sp³-hybridized carbons (Fsp3) is 0.429. The van der Waals surface area contributed by atoms with Crippen LogP contribution in [-0.4, -0.2) is 0 Å². The normalized spacial score (nSPS) is 20.1. The summed E-state index contributed by atoms with van der Waals surface area (Å²) in [4.78, 5) is 0. The third kappa shape index (κ3) is 2.62. The summed E-state index contributed by atoms with van der Waals surface area (Å²) < 4.78 is 3.44. The molecule has 0 N–H and O–H groups in total. The Morgan fingerprint density at radius 3 is 2.60 bits per heavy atom. The fourth-order valence-corrected chi connectivity index (χ4v) is 4.56. The van der Waals surface area contributed by atoms with E-state index in [1.165, 1.54) is 12.8 Å². The van der Waals surface area contributed by atoms with Gasteiger partial charge in [-0.25, -0.2) is 0 Å². The van der Waals surface area contributed by atoms with Crippen LogP contribution in [-0.2, 0) is 19.2 Å². The Morgan fingerprint density at radius 2 is 2.00 bits per heavy atom. The topological polar surface area (TPSA) is 0 Å². The molecular formula is C14H20Ti-2. The SMILES string of the molecule is CC(C)(C)C1=[C]([Ti][C]2=CC=CC2)CC=C1.[H-].[H-]. The molecule has 0 heterocycles. The van der Waals surface area contributed by atoms with E-state index in [0.717, 1.165) is 0 Å². The fourth-order valence-electron chi connectivity index (χ4n) is 2.06. The quantitative estimate of drug-likeness (QED) is 0.623. The van der Waals surface area contributed by atoms with Crippen LogP contribution in [0.2, 0.25) is 0 Å². The zero-order valence-electron chi connectivity index (χ0n) is 11.8. The van der Waals surface area contributed by atoms with E-state index >= 15 is 0 Å². The number of allylic oxidation sites excluding steroid dienone is 8. The molecule has 82 valence electrons. The van der Waals surface area contributed by atoms with Gasteiger partial charge in [-0.15, -0.1) is 0 Å². The minimum atomic E-state index is -0.0153. The van der Waals surface area contributed by atoms with Crippen molar-refractivity contribution in [2.24, 2.45) is 5.41 Å². The molecule has 0 atom stereocenters. The van der Waals surface area contributed by atoms with Crippen LogP contribution in [0, 0.1) is 5.41 Å². The summed E-state index contributed by atoms with van der Waals surface area (Å²) in [6.45, 7) is 6.97. The van der Waals surface area contributed by atoms with Crippen molar-refractivity contribution in [1.82, 2.24) is 0 Å². The largest absolute Gasteiger partial charge is 1.00 e. The van der Waals surface area contributed by atoms with Crippen molar-refractivity contribution in [2.75, 3.05) is 0 Å². The monoisotopic (exact) mass is 236 g/mol. The van der Waals surface area contributed by atoms with Crippen LogP contribution < -0.4 is 0 Å². The third-order valence-corrected chi connectivity index (χ3v) is 5.11. The standard InChI is InChI=1S/C9H13.C5H5.Ti.2H/c1-9(2,3)8-6-4-5-7-8;1-2-4-5-3-1;;;/h4,6H,5H2,1-3H3;1-3H,4H2;;;/q;;;2*-1. The van der Waals surface area contributed by atoms with Crippen molar-refractivity contribution in [3.05, 3.63) is 43.7 Å². The van der Waals surface area contributed by atoms with Gasteiger partial charge in [0.2, 0.25) is 0 Å². The van der Waals surface area contributed by atoms with E-state index in [-0.39, 0.29) is 22.0 Å². The molecule has 0 amide bonds. The molecule has 0 radical (unpaired) electrons. The average Bonchev–Trinajstić information content (AvgIpc) is 2.73. The Hall–Kier alpha value is -0.326. The molecule has 0 unspecified atom stereocenters.